The van der Waals surface area contributed by atoms with Crippen LogP contribution < -0.4 is 4.90 Å². The standard InChI is InChI=1S/C19H20F2N2O/c20-17-8-6-15(14-18(17)21)7-9-19(24)23-12-10-22(11-13-23)16-4-2-1-3-5-16/h1-6,8,14H,7,9-13H2. The normalized spacial score (nSPS) is 14.8. The van der Waals surface area contributed by atoms with Crippen LogP contribution in [0, 0.1) is 11.6 Å². The predicted octanol–water partition coefficient (Wildman–Crippen LogP) is 3.25. The van der Waals surface area contributed by atoms with Crippen LogP contribution in [0.5, 0.6) is 0 Å². The molecule has 1 aliphatic rings. The average molecular weight is 330 g/mol. The number of benzene rings is 2. The van der Waals surface area contributed by atoms with Crippen LogP contribution in [0.15, 0.2) is 48.5 Å². The van der Waals surface area contributed by atoms with E-state index in [-0.39, 0.29) is 5.91 Å². The molecule has 0 saturated carbocycles. The van der Waals surface area contributed by atoms with Crippen LogP contribution in [-0.4, -0.2) is 37.0 Å². The molecule has 0 N–H and O–H groups in total. The average Bonchev–Trinajstić information content (AvgIpc) is 2.63. The molecular weight excluding hydrogens is 310 g/mol. The molecule has 1 fully saturated rings. The van der Waals surface area contributed by atoms with Gasteiger partial charge in [0.25, 0.3) is 0 Å². The quantitative estimate of drug-likeness (QED) is 0.859. The van der Waals surface area contributed by atoms with Crippen molar-refractivity contribution in [1.82, 2.24) is 4.90 Å². The fourth-order valence-electron chi connectivity index (χ4n) is 2.96. The number of aryl methyl sites for hydroxylation is 1. The molecular formula is C19H20F2N2O. The van der Waals surface area contributed by atoms with Crippen LogP contribution in [0.1, 0.15) is 12.0 Å². The lowest BCUT2D eigenvalue weighted by atomic mass is 10.1. The van der Waals surface area contributed by atoms with Gasteiger partial charge in [-0.1, -0.05) is 24.3 Å². The summed E-state index contributed by atoms with van der Waals surface area (Å²) >= 11 is 0. The molecule has 0 spiro atoms. The summed E-state index contributed by atoms with van der Waals surface area (Å²) in [5.41, 5.74) is 1.82. The third kappa shape index (κ3) is 3.91. The number of hydrogen-bond donors (Lipinski definition) is 0. The molecule has 2 aromatic rings. The molecule has 3 rings (SSSR count). The highest BCUT2D eigenvalue weighted by Crippen LogP contribution is 2.16. The lowest BCUT2D eigenvalue weighted by Crippen LogP contribution is -2.48. The monoisotopic (exact) mass is 330 g/mol. The van der Waals surface area contributed by atoms with E-state index in [1.165, 1.54) is 11.8 Å². The summed E-state index contributed by atoms with van der Waals surface area (Å²) in [7, 11) is 0. The number of piperazine rings is 1. The van der Waals surface area contributed by atoms with Gasteiger partial charge in [-0.05, 0) is 36.2 Å². The third-order valence-corrected chi connectivity index (χ3v) is 4.37. The van der Waals surface area contributed by atoms with Gasteiger partial charge >= 0.3 is 0 Å². The zero-order chi connectivity index (χ0) is 16.9. The Morgan fingerprint density at radius 3 is 2.29 bits per heavy atom. The zero-order valence-corrected chi connectivity index (χ0v) is 13.4. The van der Waals surface area contributed by atoms with E-state index in [9.17, 15) is 13.6 Å². The summed E-state index contributed by atoms with van der Waals surface area (Å²) in [6.45, 7) is 2.98. The maximum absolute atomic E-state index is 13.2. The van der Waals surface area contributed by atoms with Crippen molar-refractivity contribution in [3.05, 3.63) is 65.7 Å². The van der Waals surface area contributed by atoms with Crippen molar-refractivity contribution in [3.8, 4) is 0 Å². The minimum atomic E-state index is -0.864. The number of carbonyl (C=O) groups is 1. The van der Waals surface area contributed by atoms with Crippen LogP contribution in [0.4, 0.5) is 14.5 Å². The Morgan fingerprint density at radius 2 is 1.62 bits per heavy atom. The van der Waals surface area contributed by atoms with Gasteiger partial charge in [0, 0.05) is 38.3 Å². The van der Waals surface area contributed by atoms with E-state index < -0.39 is 11.6 Å². The molecule has 0 unspecified atom stereocenters. The Morgan fingerprint density at radius 1 is 0.917 bits per heavy atom. The van der Waals surface area contributed by atoms with Gasteiger partial charge in [-0.25, -0.2) is 8.78 Å². The maximum atomic E-state index is 13.2. The Bertz CT molecular complexity index is 698. The first-order chi connectivity index (χ1) is 11.6. The molecule has 0 aliphatic carbocycles. The molecule has 1 saturated heterocycles. The van der Waals surface area contributed by atoms with E-state index in [1.807, 2.05) is 23.1 Å². The molecule has 24 heavy (non-hydrogen) atoms. The summed E-state index contributed by atoms with van der Waals surface area (Å²) in [6.07, 6.45) is 0.741. The number of hydrogen-bond acceptors (Lipinski definition) is 2. The minimum absolute atomic E-state index is 0.0624. The molecule has 0 aromatic heterocycles. The molecule has 1 amide bonds. The van der Waals surface area contributed by atoms with Crippen molar-refractivity contribution < 1.29 is 13.6 Å². The molecule has 0 bridgehead atoms. The molecule has 0 atom stereocenters. The predicted molar refractivity (Wildman–Crippen MR) is 89.9 cm³/mol. The first kappa shape index (κ1) is 16.4. The summed E-state index contributed by atoms with van der Waals surface area (Å²) in [4.78, 5) is 16.4. The maximum Gasteiger partial charge on any atom is 0.223 e. The van der Waals surface area contributed by atoms with Gasteiger partial charge in [0.05, 0.1) is 0 Å². The van der Waals surface area contributed by atoms with Gasteiger partial charge < -0.3 is 9.80 Å². The van der Waals surface area contributed by atoms with Gasteiger partial charge in [0.15, 0.2) is 11.6 Å². The van der Waals surface area contributed by atoms with E-state index in [0.29, 0.717) is 31.5 Å². The van der Waals surface area contributed by atoms with Crippen LogP contribution in [0.2, 0.25) is 0 Å². The Hall–Kier alpha value is -2.43. The number of anilines is 1. The molecule has 1 heterocycles. The second kappa shape index (κ2) is 7.43. The largest absolute Gasteiger partial charge is 0.368 e. The number of para-hydroxylation sites is 1. The van der Waals surface area contributed by atoms with Gasteiger partial charge in [-0.3, -0.25) is 4.79 Å². The summed E-state index contributed by atoms with van der Waals surface area (Å²) in [6, 6.07) is 13.9. The highest BCUT2D eigenvalue weighted by Gasteiger charge is 2.21. The van der Waals surface area contributed by atoms with Crippen molar-refractivity contribution in [1.29, 1.82) is 0 Å². The fourth-order valence-corrected chi connectivity index (χ4v) is 2.96. The molecule has 0 radical (unpaired) electrons. The topological polar surface area (TPSA) is 23.6 Å². The van der Waals surface area contributed by atoms with Crippen LogP contribution in [0.3, 0.4) is 0 Å². The molecule has 3 nitrogen and oxygen atoms in total. The number of nitrogens with zero attached hydrogens (tertiary/aromatic N) is 2. The van der Waals surface area contributed by atoms with E-state index >= 15 is 0 Å². The smallest absolute Gasteiger partial charge is 0.223 e. The lowest BCUT2D eigenvalue weighted by molar-refractivity contribution is -0.131. The van der Waals surface area contributed by atoms with Crippen LogP contribution >= 0.6 is 0 Å². The van der Waals surface area contributed by atoms with Gasteiger partial charge in [-0.2, -0.15) is 0 Å². The fraction of sp³-hybridized carbons (Fsp3) is 0.316. The Balaban J connectivity index is 1.49. The molecule has 5 heteroatoms. The van der Waals surface area contributed by atoms with Gasteiger partial charge in [0.2, 0.25) is 5.91 Å². The van der Waals surface area contributed by atoms with Crippen LogP contribution in [0.25, 0.3) is 0 Å². The van der Waals surface area contributed by atoms with Crippen molar-refractivity contribution in [2.75, 3.05) is 31.1 Å². The summed E-state index contributed by atoms with van der Waals surface area (Å²) in [5, 5.41) is 0. The van der Waals surface area contributed by atoms with Crippen molar-refractivity contribution in [3.63, 3.8) is 0 Å². The van der Waals surface area contributed by atoms with E-state index in [2.05, 4.69) is 17.0 Å². The van der Waals surface area contributed by atoms with E-state index in [4.69, 9.17) is 0 Å². The minimum Gasteiger partial charge on any atom is -0.368 e. The van der Waals surface area contributed by atoms with Crippen molar-refractivity contribution >= 4 is 11.6 Å². The number of carbonyl (C=O) groups excluding carboxylic acids is 1. The number of amides is 1. The Kier molecular flexibility index (Phi) is 5.08. The SMILES string of the molecule is O=C(CCc1ccc(F)c(F)c1)N1CCN(c2ccccc2)CC1. The highest BCUT2D eigenvalue weighted by molar-refractivity contribution is 5.76. The third-order valence-electron chi connectivity index (χ3n) is 4.37. The van der Waals surface area contributed by atoms with Crippen molar-refractivity contribution in [2.24, 2.45) is 0 Å². The first-order valence-corrected chi connectivity index (χ1v) is 8.15. The lowest BCUT2D eigenvalue weighted by Gasteiger charge is -2.36. The zero-order valence-electron chi connectivity index (χ0n) is 13.4. The van der Waals surface area contributed by atoms with Crippen molar-refractivity contribution in [2.45, 2.75) is 12.8 Å². The second-order valence-corrected chi connectivity index (χ2v) is 5.95. The Labute approximate surface area is 140 Å². The number of halogens is 2. The summed E-state index contributed by atoms with van der Waals surface area (Å²) < 4.78 is 26.1. The second-order valence-electron chi connectivity index (χ2n) is 5.95. The number of rotatable bonds is 4. The molecule has 1 aliphatic heterocycles. The van der Waals surface area contributed by atoms with Gasteiger partial charge in [-0.15, -0.1) is 0 Å². The van der Waals surface area contributed by atoms with Gasteiger partial charge in [0.1, 0.15) is 0 Å². The van der Waals surface area contributed by atoms with Crippen LogP contribution in [-0.2, 0) is 11.2 Å². The summed E-state index contributed by atoms with van der Waals surface area (Å²) in [5.74, 6) is -1.66. The molecule has 126 valence electrons. The first-order valence-electron chi connectivity index (χ1n) is 8.15. The highest BCUT2D eigenvalue weighted by atomic mass is 19.2. The molecule has 2 aromatic carbocycles. The van der Waals surface area contributed by atoms with E-state index in [0.717, 1.165) is 25.2 Å². The van der Waals surface area contributed by atoms with E-state index in [1.54, 1.807) is 0 Å².